The van der Waals surface area contributed by atoms with Gasteiger partial charge >= 0.3 is 20.1 Å². The van der Waals surface area contributed by atoms with Crippen molar-refractivity contribution in [2.75, 3.05) is 21.1 Å². The van der Waals surface area contributed by atoms with Crippen LogP contribution in [0.15, 0.2) is 106 Å². The van der Waals surface area contributed by atoms with E-state index in [0.29, 0.717) is 56.0 Å². The molecule has 0 aliphatic carbocycles. The Hall–Kier alpha value is -4.99. The smallest absolute Gasteiger partial charge is 0.546 e. The largest absolute Gasteiger partial charge is 3.00 e. The number of aliphatic imine (C=N–C) groups is 3. The molecule has 3 aliphatic heterocycles. The number of rotatable bonds is 12. The summed E-state index contributed by atoms with van der Waals surface area (Å²) < 4.78 is 0. The number of nitrogens with zero attached hydrogens (tertiary/aromatic N) is 6. The number of benzene rings is 3. The van der Waals surface area contributed by atoms with E-state index in [0.717, 1.165) is 16.7 Å². The molecule has 0 fully saturated rings. The summed E-state index contributed by atoms with van der Waals surface area (Å²) in [5.41, 5.74) is 7.28. The number of carboxylic acids is 3. The molecule has 6 rings (SSSR count). The van der Waals surface area contributed by atoms with E-state index in [1.165, 1.54) is 0 Å². The normalized spacial score (nSPS) is 22.6. The van der Waals surface area contributed by atoms with Gasteiger partial charge in [0.15, 0.2) is 17.0 Å². The molecule has 0 saturated carbocycles. The van der Waals surface area contributed by atoms with Crippen LogP contribution in [-0.4, -0.2) is 88.6 Å². The van der Waals surface area contributed by atoms with Gasteiger partial charge in [-0.2, -0.15) is 0 Å². The van der Waals surface area contributed by atoms with Crippen LogP contribution in [0, 0.1) is 0 Å². The van der Waals surface area contributed by atoms with Crippen molar-refractivity contribution in [2.24, 2.45) is 15.0 Å². The Morgan fingerprint density at radius 2 is 0.709 bits per heavy atom. The van der Waals surface area contributed by atoms with Gasteiger partial charge in [-0.3, -0.25) is 15.0 Å². The van der Waals surface area contributed by atoms with Gasteiger partial charge in [0.2, 0.25) is 0 Å². The van der Waals surface area contributed by atoms with Gasteiger partial charge in [0, 0.05) is 37.8 Å². The van der Waals surface area contributed by atoms with E-state index in [2.05, 4.69) is 31.3 Å². The quantitative estimate of drug-likeness (QED) is 0.226. The molecule has 3 heterocycles. The third-order valence-corrected chi connectivity index (χ3v) is 8.85. The molecule has 3 N–H and O–H groups in total. The Bertz CT molecular complexity index is 1640. The fourth-order valence-electron chi connectivity index (χ4n) is 6.37. The van der Waals surface area contributed by atoms with Crippen molar-refractivity contribution >= 4 is 35.4 Å². The van der Waals surface area contributed by atoms with Crippen LogP contribution in [0.1, 0.15) is 76.0 Å². The Balaban J connectivity index is 0.000000220. The first-order valence-corrected chi connectivity index (χ1v) is 17.9. The molecule has 55 heavy (non-hydrogen) atoms. The van der Waals surface area contributed by atoms with Gasteiger partial charge in [0.1, 0.15) is 17.5 Å². The summed E-state index contributed by atoms with van der Waals surface area (Å²) >= 11 is 0. The van der Waals surface area contributed by atoms with Crippen LogP contribution in [-0.2, 0) is 34.5 Å². The molecule has 0 saturated heterocycles. The number of carbonyl (C=O) groups is 3. The summed E-state index contributed by atoms with van der Waals surface area (Å²) in [5, 5.41) is 38.9. The third-order valence-electron chi connectivity index (χ3n) is 8.85. The van der Waals surface area contributed by atoms with Gasteiger partial charge in [-0.1, -0.05) is 131 Å². The SMILES string of the molecule is CCCC1(C(=O)[O-])N=C(c2ccccc2)N(C)N1.CCCC1(C(=O)[O-])N=C(c2ccccc2)N(C)N1.CCCC1(C(=O)[O-])N=C(c2ccccc2)N(C)N1.[Ir+3]. The molecule has 3 aromatic carbocycles. The first-order chi connectivity index (χ1) is 25.8. The van der Waals surface area contributed by atoms with Crippen LogP contribution in [0.25, 0.3) is 0 Å². The molecule has 3 aliphatic rings. The van der Waals surface area contributed by atoms with Gasteiger partial charge in [0.05, 0.1) is 17.9 Å². The summed E-state index contributed by atoms with van der Waals surface area (Å²) in [5.74, 6) is -1.72. The zero-order valence-electron chi connectivity index (χ0n) is 31.9. The van der Waals surface area contributed by atoms with Crippen molar-refractivity contribution in [3.8, 4) is 0 Å². The molecule has 0 aromatic heterocycles. The van der Waals surface area contributed by atoms with E-state index in [4.69, 9.17) is 0 Å². The van der Waals surface area contributed by atoms with Gasteiger partial charge in [-0.15, -0.1) is 0 Å². The Labute approximate surface area is 335 Å². The molecule has 0 radical (unpaired) electrons. The minimum Gasteiger partial charge on any atom is -0.546 e. The van der Waals surface area contributed by atoms with E-state index in [1.807, 2.05) is 112 Å². The third kappa shape index (κ3) is 10.2. The number of nitrogens with one attached hydrogen (secondary N) is 3. The molecule has 0 amide bonds. The fraction of sp³-hybridized carbons (Fsp3) is 0.385. The monoisotopic (exact) mass is 931 g/mol. The van der Waals surface area contributed by atoms with Gasteiger partial charge in [0.25, 0.3) is 0 Å². The van der Waals surface area contributed by atoms with E-state index in [-0.39, 0.29) is 20.1 Å². The second-order valence-corrected chi connectivity index (χ2v) is 13.1. The summed E-state index contributed by atoms with van der Waals surface area (Å²) in [6.45, 7) is 5.76. The number of carbonyl (C=O) groups excluding carboxylic acids is 3. The predicted octanol–water partition coefficient (Wildman–Crippen LogP) is 0.386. The molecule has 16 heteroatoms. The van der Waals surface area contributed by atoms with Crippen LogP contribution >= 0.6 is 0 Å². The van der Waals surface area contributed by atoms with Crippen LogP contribution < -0.4 is 31.6 Å². The maximum Gasteiger partial charge on any atom is 3.00 e. The van der Waals surface area contributed by atoms with Crippen molar-refractivity contribution in [3.63, 3.8) is 0 Å². The molecular formula is C39H48IrN9O6. The zero-order valence-corrected chi connectivity index (χ0v) is 34.3. The van der Waals surface area contributed by atoms with Crippen molar-refractivity contribution in [2.45, 2.75) is 76.3 Å². The topological polar surface area (TPSA) is 203 Å². The van der Waals surface area contributed by atoms with Crippen LogP contribution in [0.2, 0.25) is 0 Å². The molecule has 3 atom stereocenters. The Morgan fingerprint density at radius 3 is 0.891 bits per heavy atom. The first-order valence-electron chi connectivity index (χ1n) is 17.9. The minimum atomic E-state index is -1.34. The maximum absolute atomic E-state index is 11.3. The van der Waals surface area contributed by atoms with Crippen LogP contribution in [0.4, 0.5) is 0 Å². The molecule has 0 spiro atoms. The van der Waals surface area contributed by atoms with Gasteiger partial charge in [-0.25, -0.2) is 31.3 Å². The van der Waals surface area contributed by atoms with Gasteiger partial charge in [-0.05, 0) is 19.3 Å². The van der Waals surface area contributed by atoms with Crippen LogP contribution in [0.3, 0.4) is 0 Å². The number of hydrogen-bond acceptors (Lipinski definition) is 15. The molecular weight excluding hydrogens is 883 g/mol. The van der Waals surface area contributed by atoms with E-state index in [9.17, 15) is 29.7 Å². The fourth-order valence-corrected chi connectivity index (χ4v) is 6.37. The van der Waals surface area contributed by atoms with E-state index in [1.54, 1.807) is 36.2 Å². The van der Waals surface area contributed by atoms with Gasteiger partial charge < -0.3 is 29.7 Å². The number of aliphatic carboxylic acids is 3. The Kier molecular flexibility index (Phi) is 15.8. The Morgan fingerprint density at radius 1 is 0.491 bits per heavy atom. The number of hydrogen-bond donors (Lipinski definition) is 3. The first kappa shape index (κ1) is 44.4. The summed E-state index contributed by atoms with van der Waals surface area (Å²) in [4.78, 5) is 47.0. The second-order valence-electron chi connectivity index (χ2n) is 13.1. The minimum absolute atomic E-state index is 0. The maximum atomic E-state index is 11.3. The molecule has 0 bridgehead atoms. The number of hydrazine groups is 3. The second kappa shape index (κ2) is 19.6. The van der Waals surface area contributed by atoms with Crippen molar-refractivity contribution in [1.29, 1.82) is 0 Å². The number of carboxylic acid groups (broad SMARTS) is 3. The van der Waals surface area contributed by atoms with E-state index >= 15 is 0 Å². The standard InChI is InChI=1S/3C13H17N3O2.Ir/c3*1-3-9-13(12(17)18)14-11(16(2)15-13)10-7-5-4-6-8-10;/h3*4-8,15H,3,9H2,1-2H3,(H,17,18);/q;;;+3/p-3. The summed E-state index contributed by atoms with van der Waals surface area (Å²) in [6.07, 6.45) is 3.32. The average molecular weight is 931 g/mol. The zero-order chi connectivity index (χ0) is 39.5. The predicted molar refractivity (Wildman–Crippen MR) is 200 cm³/mol. The summed E-state index contributed by atoms with van der Waals surface area (Å²) in [6, 6.07) is 28.5. The van der Waals surface area contributed by atoms with E-state index < -0.39 is 34.9 Å². The van der Waals surface area contributed by atoms with Crippen LogP contribution in [0.5, 0.6) is 0 Å². The van der Waals surface area contributed by atoms with Crippen molar-refractivity contribution < 1.29 is 49.8 Å². The van der Waals surface area contributed by atoms with Crippen molar-refractivity contribution in [1.82, 2.24) is 31.3 Å². The number of amidine groups is 3. The molecule has 15 nitrogen and oxygen atoms in total. The molecule has 3 aromatic rings. The average Bonchev–Trinajstić information content (AvgIpc) is 3.81. The molecule has 3 unspecified atom stereocenters. The van der Waals surface area contributed by atoms with Crippen molar-refractivity contribution in [3.05, 3.63) is 108 Å². The summed E-state index contributed by atoms with van der Waals surface area (Å²) in [7, 11) is 5.27. The molecule has 294 valence electrons.